The van der Waals surface area contributed by atoms with Crippen molar-refractivity contribution in [2.75, 3.05) is 19.8 Å². The molecule has 1 aromatic heterocycles. The minimum absolute atomic E-state index is 0.0472. The molecule has 1 heterocycles. The number of ether oxygens (including phenoxy) is 1. The maximum Gasteiger partial charge on any atom is 0.244 e. The van der Waals surface area contributed by atoms with Crippen LogP contribution in [0.3, 0.4) is 0 Å². The molecule has 0 spiro atoms. The molecule has 0 radical (unpaired) electrons. The Bertz CT molecular complexity index is 472. The van der Waals surface area contributed by atoms with Gasteiger partial charge in [0.05, 0.1) is 12.8 Å². The Labute approximate surface area is 113 Å². The van der Waals surface area contributed by atoms with Gasteiger partial charge in [-0.1, -0.05) is 0 Å². The molecule has 19 heavy (non-hydrogen) atoms. The number of aryl methyl sites for hydroxylation is 1. The topological polar surface area (TPSA) is 93.5 Å². The summed E-state index contributed by atoms with van der Waals surface area (Å²) in [5, 5.41) is 12.7. The molecule has 0 aliphatic heterocycles. The Morgan fingerprint density at radius 2 is 2.32 bits per heavy atom. The van der Waals surface area contributed by atoms with Gasteiger partial charge in [-0.25, -0.2) is 13.1 Å². The van der Waals surface area contributed by atoms with E-state index in [4.69, 9.17) is 9.84 Å². The lowest BCUT2D eigenvalue weighted by molar-refractivity contribution is 0.133. The molecule has 2 N–H and O–H groups in total. The Balaban J connectivity index is 2.63. The van der Waals surface area contributed by atoms with Crippen LogP contribution in [0.25, 0.3) is 0 Å². The molecule has 0 amide bonds. The Hall–Kier alpha value is -0.960. The van der Waals surface area contributed by atoms with E-state index in [0.29, 0.717) is 26.2 Å². The highest BCUT2D eigenvalue weighted by molar-refractivity contribution is 7.89. The molecule has 0 saturated heterocycles. The number of rotatable bonds is 9. The van der Waals surface area contributed by atoms with Gasteiger partial charge in [-0.3, -0.25) is 4.68 Å². The number of aliphatic hydroxyl groups excluding tert-OH is 1. The van der Waals surface area contributed by atoms with E-state index >= 15 is 0 Å². The van der Waals surface area contributed by atoms with E-state index in [-0.39, 0.29) is 17.5 Å². The highest BCUT2D eigenvalue weighted by Crippen LogP contribution is 2.08. The molecule has 7 nitrogen and oxygen atoms in total. The van der Waals surface area contributed by atoms with Crippen LogP contribution in [0.4, 0.5) is 0 Å². The zero-order valence-electron chi connectivity index (χ0n) is 11.2. The number of nitrogens with zero attached hydrogens (tertiary/aromatic N) is 2. The van der Waals surface area contributed by atoms with Crippen molar-refractivity contribution in [1.29, 1.82) is 0 Å². The van der Waals surface area contributed by atoms with Crippen molar-refractivity contribution in [2.45, 2.75) is 37.8 Å². The molecule has 110 valence electrons. The molecule has 0 aromatic carbocycles. The molecule has 0 fully saturated rings. The predicted octanol–water partition coefficient (Wildman–Crippen LogP) is -0.0312. The average Bonchev–Trinajstić information content (AvgIpc) is 2.83. The van der Waals surface area contributed by atoms with Gasteiger partial charge < -0.3 is 9.84 Å². The zero-order chi connectivity index (χ0) is 14.3. The van der Waals surface area contributed by atoms with Gasteiger partial charge in [0, 0.05) is 32.0 Å². The Morgan fingerprint density at radius 1 is 1.58 bits per heavy atom. The largest absolute Gasteiger partial charge is 0.396 e. The first-order valence-electron chi connectivity index (χ1n) is 6.23. The summed E-state index contributed by atoms with van der Waals surface area (Å²) in [5.41, 5.74) is 0. The van der Waals surface area contributed by atoms with Gasteiger partial charge in [0.25, 0.3) is 0 Å². The molecule has 0 aliphatic rings. The first kappa shape index (κ1) is 16.1. The van der Waals surface area contributed by atoms with Crippen molar-refractivity contribution < 1.29 is 18.3 Å². The van der Waals surface area contributed by atoms with E-state index in [2.05, 4.69) is 9.82 Å². The molecule has 1 aromatic rings. The normalized spacial score (nSPS) is 13.6. The number of aromatic nitrogens is 2. The second-order valence-electron chi connectivity index (χ2n) is 4.20. The van der Waals surface area contributed by atoms with Crippen molar-refractivity contribution >= 4 is 10.0 Å². The fraction of sp³-hybridized carbons (Fsp3) is 0.727. The van der Waals surface area contributed by atoms with Crippen LogP contribution in [0, 0.1) is 0 Å². The van der Waals surface area contributed by atoms with E-state index in [1.54, 1.807) is 6.92 Å². The van der Waals surface area contributed by atoms with Crippen molar-refractivity contribution in [3.05, 3.63) is 12.4 Å². The van der Waals surface area contributed by atoms with Crippen LogP contribution in [-0.4, -0.2) is 49.2 Å². The summed E-state index contributed by atoms with van der Waals surface area (Å²) in [5.74, 6) is 0. The highest BCUT2D eigenvalue weighted by Gasteiger charge is 2.19. The standard InChI is InChI=1S/C11H21N3O4S/c1-3-18-9-10(2)13-19(16,17)11-7-12-14(8-11)5-4-6-15/h7-8,10,13,15H,3-6,9H2,1-2H3. The SMILES string of the molecule is CCOCC(C)NS(=O)(=O)c1cnn(CCCO)c1. The molecule has 1 rings (SSSR count). The maximum atomic E-state index is 12.0. The molecule has 1 unspecified atom stereocenters. The first-order chi connectivity index (χ1) is 8.99. The summed E-state index contributed by atoms with van der Waals surface area (Å²) in [4.78, 5) is 0.119. The second kappa shape index (κ2) is 7.59. The molecule has 0 bridgehead atoms. The Morgan fingerprint density at radius 3 is 2.95 bits per heavy atom. The third kappa shape index (κ3) is 5.27. The van der Waals surface area contributed by atoms with Gasteiger partial charge in [-0.2, -0.15) is 5.10 Å². The summed E-state index contributed by atoms with van der Waals surface area (Å²) < 4.78 is 33.2. The minimum Gasteiger partial charge on any atom is -0.396 e. The van der Waals surface area contributed by atoms with Crippen molar-refractivity contribution in [3.8, 4) is 0 Å². The van der Waals surface area contributed by atoms with E-state index in [9.17, 15) is 8.42 Å². The fourth-order valence-corrected chi connectivity index (χ4v) is 2.68. The number of nitrogens with one attached hydrogen (secondary N) is 1. The predicted molar refractivity (Wildman–Crippen MR) is 70.2 cm³/mol. The molecule has 0 saturated carbocycles. The van der Waals surface area contributed by atoms with Gasteiger partial charge in [-0.05, 0) is 20.3 Å². The lowest BCUT2D eigenvalue weighted by Gasteiger charge is -2.12. The second-order valence-corrected chi connectivity index (χ2v) is 5.91. The van der Waals surface area contributed by atoms with Gasteiger partial charge >= 0.3 is 0 Å². The summed E-state index contributed by atoms with van der Waals surface area (Å²) in [6.07, 6.45) is 3.29. The van der Waals surface area contributed by atoms with Gasteiger partial charge in [0.1, 0.15) is 4.90 Å². The smallest absolute Gasteiger partial charge is 0.244 e. The highest BCUT2D eigenvalue weighted by atomic mass is 32.2. The molecular weight excluding hydrogens is 270 g/mol. The maximum absolute atomic E-state index is 12.0. The monoisotopic (exact) mass is 291 g/mol. The van der Waals surface area contributed by atoms with Crippen molar-refractivity contribution in [1.82, 2.24) is 14.5 Å². The fourth-order valence-electron chi connectivity index (χ4n) is 1.50. The molecular formula is C11H21N3O4S. The van der Waals surface area contributed by atoms with E-state index in [0.717, 1.165) is 0 Å². The molecule has 0 aliphatic carbocycles. The third-order valence-electron chi connectivity index (χ3n) is 2.39. The number of sulfonamides is 1. The summed E-state index contributed by atoms with van der Waals surface area (Å²) in [7, 11) is -3.57. The van der Waals surface area contributed by atoms with Crippen LogP contribution in [0.1, 0.15) is 20.3 Å². The van der Waals surface area contributed by atoms with E-state index < -0.39 is 10.0 Å². The number of aliphatic hydroxyl groups is 1. The summed E-state index contributed by atoms with van der Waals surface area (Å²) in [6, 6.07) is -0.300. The molecule has 1 atom stereocenters. The minimum atomic E-state index is -3.57. The van der Waals surface area contributed by atoms with Gasteiger partial charge in [-0.15, -0.1) is 0 Å². The van der Waals surface area contributed by atoms with Gasteiger partial charge in [0.2, 0.25) is 10.0 Å². The van der Waals surface area contributed by atoms with Crippen LogP contribution in [0.2, 0.25) is 0 Å². The van der Waals surface area contributed by atoms with Crippen LogP contribution < -0.4 is 4.72 Å². The third-order valence-corrected chi connectivity index (χ3v) is 3.94. The van der Waals surface area contributed by atoms with Crippen LogP contribution in [0.15, 0.2) is 17.3 Å². The van der Waals surface area contributed by atoms with E-state index in [1.165, 1.54) is 17.1 Å². The number of hydrogen-bond acceptors (Lipinski definition) is 5. The average molecular weight is 291 g/mol. The Kier molecular flexibility index (Phi) is 6.43. The van der Waals surface area contributed by atoms with Crippen molar-refractivity contribution in [2.24, 2.45) is 0 Å². The molecule has 8 heteroatoms. The van der Waals surface area contributed by atoms with Crippen LogP contribution in [-0.2, 0) is 21.3 Å². The lowest BCUT2D eigenvalue weighted by atomic mass is 10.4. The van der Waals surface area contributed by atoms with Crippen LogP contribution >= 0.6 is 0 Å². The summed E-state index contributed by atoms with van der Waals surface area (Å²) in [6.45, 7) is 5.00. The van der Waals surface area contributed by atoms with Crippen molar-refractivity contribution in [3.63, 3.8) is 0 Å². The van der Waals surface area contributed by atoms with Gasteiger partial charge in [0.15, 0.2) is 0 Å². The number of hydrogen-bond donors (Lipinski definition) is 2. The zero-order valence-corrected chi connectivity index (χ0v) is 12.1. The summed E-state index contributed by atoms with van der Waals surface area (Å²) >= 11 is 0. The van der Waals surface area contributed by atoms with Crippen LogP contribution in [0.5, 0.6) is 0 Å². The van der Waals surface area contributed by atoms with E-state index in [1.807, 2.05) is 6.92 Å². The first-order valence-corrected chi connectivity index (χ1v) is 7.71. The quantitative estimate of drug-likeness (QED) is 0.666. The lowest BCUT2D eigenvalue weighted by Crippen LogP contribution is -2.35.